The molecule has 3 rings (SSSR count). The number of halogens is 1. The maximum atomic E-state index is 13.0. The molecule has 0 spiro atoms. The zero-order valence-corrected chi connectivity index (χ0v) is 22.1. The highest BCUT2D eigenvalue weighted by molar-refractivity contribution is 9.10. The van der Waals surface area contributed by atoms with Crippen LogP contribution in [0.25, 0.3) is 6.08 Å². The molecule has 1 aliphatic heterocycles. The average Bonchev–Trinajstić information content (AvgIpc) is 3.06. The van der Waals surface area contributed by atoms with E-state index in [4.69, 9.17) is 9.47 Å². The molecule has 1 fully saturated rings. The van der Waals surface area contributed by atoms with Gasteiger partial charge in [0.15, 0.2) is 16.7 Å². The molecule has 2 aromatic carbocycles. The first kappa shape index (κ1) is 25.8. The largest absolute Gasteiger partial charge is 0.493 e. The number of benzene rings is 2. The number of thioether (sulfide) groups is 1. The number of carboxylic acids is 1. The van der Waals surface area contributed by atoms with Gasteiger partial charge in [0.1, 0.15) is 6.61 Å². The summed E-state index contributed by atoms with van der Waals surface area (Å²) < 4.78 is 12.1. The van der Waals surface area contributed by atoms with Crippen LogP contribution in [0, 0.1) is 0 Å². The highest BCUT2D eigenvalue weighted by Crippen LogP contribution is 2.40. The van der Waals surface area contributed by atoms with Gasteiger partial charge in [0.05, 0.1) is 22.1 Å². The summed E-state index contributed by atoms with van der Waals surface area (Å²) in [5.41, 5.74) is 1.69. The number of amidine groups is 1. The van der Waals surface area contributed by atoms with Gasteiger partial charge in [0.25, 0.3) is 5.91 Å². The summed E-state index contributed by atoms with van der Waals surface area (Å²) in [4.78, 5) is 31.1. The third-order valence-electron chi connectivity index (χ3n) is 4.83. The molecule has 0 bridgehead atoms. The highest BCUT2D eigenvalue weighted by atomic mass is 79.9. The molecule has 9 heteroatoms. The Labute approximate surface area is 212 Å². The predicted octanol–water partition coefficient (Wildman–Crippen LogP) is 5.82. The molecule has 0 atom stereocenters. The van der Waals surface area contributed by atoms with Crippen molar-refractivity contribution in [3.63, 3.8) is 0 Å². The van der Waals surface area contributed by atoms with Crippen molar-refractivity contribution in [3.05, 3.63) is 62.5 Å². The Kier molecular flexibility index (Phi) is 8.43. The van der Waals surface area contributed by atoms with Crippen molar-refractivity contribution in [2.24, 2.45) is 4.99 Å². The molecule has 1 aliphatic rings. The lowest BCUT2D eigenvalue weighted by Crippen LogP contribution is -2.35. The summed E-state index contributed by atoms with van der Waals surface area (Å²) in [5.74, 6) is -0.0902. The number of hydrogen-bond acceptors (Lipinski definition) is 6. The van der Waals surface area contributed by atoms with Crippen molar-refractivity contribution >= 4 is 50.8 Å². The van der Waals surface area contributed by atoms with Crippen LogP contribution in [0.1, 0.15) is 49.2 Å². The first-order valence-corrected chi connectivity index (χ1v) is 12.3. The van der Waals surface area contributed by atoms with Crippen molar-refractivity contribution < 1.29 is 24.2 Å². The minimum atomic E-state index is -0.991. The van der Waals surface area contributed by atoms with Crippen LogP contribution in [0.5, 0.6) is 11.5 Å². The lowest BCUT2D eigenvalue weighted by atomic mass is 10.1. The zero-order valence-electron chi connectivity index (χ0n) is 19.7. The van der Waals surface area contributed by atoms with Crippen molar-refractivity contribution in [2.45, 2.75) is 46.4 Å². The lowest BCUT2D eigenvalue weighted by Gasteiger charge is -2.20. The fourth-order valence-electron chi connectivity index (χ4n) is 3.32. The molecule has 0 aromatic heterocycles. The number of amides is 1. The van der Waals surface area contributed by atoms with Crippen LogP contribution in [0.3, 0.4) is 0 Å². The van der Waals surface area contributed by atoms with Gasteiger partial charge in [-0.1, -0.05) is 12.1 Å². The molecule has 0 unspecified atom stereocenters. The van der Waals surface area contributed by atoms with E-state index in [-0.39, 0.29) is 30.2 Å². The van der Waals surface area contributed by atoms with Crippen LogP contribution in [0.15, 0.2) is 50.8 Å². The zero-order chi connectivity index (χ0) is 25.0. The number of aliphatic imine (C=N–C) groups is 1. The normalized spacial score (nSPS) is 16.2. The van der Waals surface area contributed by atoms with E-state index >= 15 is 0 Å². The van der Waals surface area contributed by atoms with Crippen LogP contribution >= 0.6 is 27.7 Å². The summed E-state index contributed by atoms with van der Waals surface area (Å²) in [6.45, 7) is 8.07. The van der Waals surface area contributed by atoms with E-state index < -0.39 is 5.97 Å². The minimum Gasteiger partial charge on any atom is -0.493 e. The second-order valence-electron chi connectivity index (χ2n) is 8.21. The molecular weight excluding hydrogens is 520 g/mol. The van der Waals surface area contributed by atoms with Gasteiger partial charge in [0.2, 0.25) is 0 Å². The smallest absolute Gasteiger partial charge is 0.335 e. The fourth-order valence-corrected chi connectivity index (χ4v) is 5.12. The van der Waals surface area contributed by atoms with E-state index in [2.05, 4.69) is 20.9 Å². The van der Waals surface area contributed by atoms with Crippen molar-refractivity contribution in [1.82, 2.24) is 4.90 Å². The number of carbonyl (C=O) groups is 2. The number of ether oxygens (including phenoxy) is 2. The number of nitrogens with zero attached hydrogens (tertiary/aromatic N) is 2. The van der Waals surface area contributed by atoms with E-state index in [1.165, 1.54) is 17.8 Å². The summed E-state index contributed by atoms with van der Waals surface area (Å²) in [6.07, 6.45) is 1.82. The molecule has 0 aliphatic carbocycles. The Morgan fingerprint density at radius 2 is 1.97 bits per heavy atom. The standard InChI is InChI=1S/C25H27BrN2O5S/c1-14(2)27-25-28(15(3)4)23(29)21(34-25)12-17-10-19(26)22(20(11-17)32-5)33-13-16-7-6-8-18(9-16)24(30)31/h6-12,14-15H,13H2,1-5H3,(H,30,31)/b21-12+,27-25?. The first-order chi connectivity index (χ1) is 16.1. The van der Waals surface area contributed by atoms with Crippen LogP contribution in [0.4, 0.5) is 0 Å². The van der Waals surface area contributed by atoms with E-state index in [1.54, 1.807) is 36.3 Å². The summed E-state index contributed by atoms with van der Waals surface area (Å²) >= 11 is 4.91. The van der Waals surface area contributed by atoms with Crippen molar-refractivity contribution in [1.29, 1.82) is 0 Å². The van der Waals surface area contributed by atoms with Gasteiger partial charge < -0.3 is 14.6 Å². The molecule has 0 saturated carbocycles. The van der Waals surface area contributed by atoms with Gasteiger partial charge >= 0.3 is 5.97 Å². The van der Waals surface area contributed by atoms with Crippen LogP contribution in [0.2, 0.25) is 0 Å². The number of carbonyl (C=O) groups excluding carboxylic acids is 1. The summed E-state index contributed by atoms with van der Waals surface area (Å²) in [7, 11) is 1.54. The third kappa shape index (κ3) is 6.01. The topological polar surface area (TPSA) is 88.4 Å². The second-order valence-corrected chi connectivity index (χ2v) is 10.1. The second kappa shape index (κ2) is 11.1. The number of methoxy groups -OCH3 is 1. The Hall–Kier alpha value is -2.78. The number of rotatable bonds is 8. The number of aromatic carboxylic acids is 1. The van der Waals surface area contributed by atoms with Gasteiger partial charge in [-0.3, -0.25) is 14.7 Å². The Balaban J connectivity index is 1.87. The highest BCUT2D eigenvalue weighted by Gasteiger charge is 2.35. The number of carboxylic acid groups (broad SMARTS) is 1. The molecule has 180 valence electrons. The molecule has 2 aromatic rings. The van der Waals surface area contributed by atoms with Gasteiger partial charge in [-0.15, -0.1) is 0 Å². The van der Waals surface area contributed by atoms with E-state index in [0.29, 0.717) is 26.0 Å². The minimum absolute atomic E-state index is 0.0000720. The van der Waals surface area contributed by atoms with E-state index in [0.717, 1.165) is 11.1 Å². The monoisotopic (exact) mass is 546 g/mol. The maximum absolute atomic E-state index is 13.0. The van der Waals surface area contributed by atoms with Crippen LogP contribution in [-0.4, -0.2) is 46.2 Å². The molecule has 0 radical (unpaired) electrons. The molecular formula is C25H27BrN2O5S. The fraction of sp³-hybridized carbons (Fsp3) is 0.320. The SMILES string of the molecule is COc1cc(/C=C2/SC(=NC(C)C)N(C(C)C)C2=O)cc(Br)c1OCc1cccc(C(=O)O)c1. The Bertz CT molecular complexity index is 1160. The van der Waals surface area contributed by atoms with Gasteiger partial charge in [-0.25, -0.2) is 4.79 Å². The van der Waals surface area contributed by atoms with Crippen LogP contribution in [-0.2, 0) is 11.4 Å². The molecule has 1 amide bonds. The number of hydrogen-bond donors (Lipinski definition) is 1. The van der Waals surface area contributed by atoms with Gasteiger partial charge in [0, 0.05) is 12.1 Å². The molecule has 1 N–H and O–H groups in total. The predicted molar refractivity (Wildman–Crippen MR) is 139 cm³/mol. The Morgan fingerprint density at radius 3 is 2.59 bits per heavy atom. The molecule has 1 saturated heterocycles. The van der Waals surface area contributed by atoms with Crippen molar-refractivity contribution in [2.75, 3.05) is 7.11 Å². The average molecular weight is 547 g/mol. The quantitative estimate of drug-likeness (QED) is 0.419. The maximum Gasteiger partial charge on any atom is 0.335 e. The third-order valence-corrected chi connectivity index (χ3v) is 6.41. The van der Waals surface area contributed by atoms with E-state index in [1.807, 2.05) is 39.8 Å². The molecule has 7 nitrogen and oxygen atoms in total. The van der Waals surface area contributed by atoms with Crippen molar-refractivity contribution in [3.8, 4) is 11.5 Å². The summed E-state index contributed by atoms with van der Waals surface area (Å²) in [6, 6.07) is 10.3. The lowest BCUT2D eigenvalue weighted by molar-refractivity contribution is -0.123. The summed E-state index contributed by atoms with van der Waals surface area (Å²) in [5, 5.41) is 9.89. The van der Waals surface area contributed by atoms with Crippen LogP contribution < -0.4 is 9.47 Å². The first-order valence-electron chi connectivity index (χ1n) is 10.7. The van der Waals surface area contributed by atoms with E-state index in [9.17, 15) is 14.7 Å². The molecule has 34 heavy (non-hydrogen) atoms. The molecule has 1 heterocycles. The Morgan fingerprint density at radius 1 is 1.24 bits per heavy atom. The van der Waals surface area contributed by atoms with Gasteiger partial charge in [-0.2, -0.15) is 0 Å². The van der Waals surface area contributed by atoms with Gasteiger partial charge in [-0.05, 0) is 96.9 Å².